The summed E-state index contributed by atoms with van der Waals surface area (Å²) in [5.41, 5.74) is 2.23. The first-order valence-corrected chi connectivity index (χ1v) is 11.0. The third-order valence-electron chi connectivity index (χ3n) is 6.45. The molecular formula is C24H30N4O. The van der Waals surface area contributed by atoms with Crippen LogP contribution >= 0.6 is 0 Å². The number of piperazine rings is 1. The molecule has 1 aliphatic carbocycles. The van der Waals surface area contributed by atoms with Crippen LogP contribution in [0.25, 0.3) is 22.2 Å². The lowest BCUT2D eigenvalue weighted by Crippen LogP contribution is -2.51. The van der Waals surface area contributed by atoms with Crippen LogP contribution in [0.5, 0.6) is 5.75 Å². The predicted octanol–water partition coefficient (Wildman–Crippen LogP) is 4.30. The van der Waals surface area contributed by atoms with Crippen molar-refractivity contribution in [2.75, 3.05) is 32.8 Å². The summed E-state index contributed by atoms with van der Waals surface area (Å²) < 4.78 is 5.93. The summed E-state index contributed by atoms with van der Waals surface area (Å²) in [7, 11) is 0. The average Bonchev–Trinajstić information content (AvgIpc) is 3.16. The average molecular weight is 391 g/mol. The molecule has 0 atom stereocenters. The molecule has 0 radical (unpaired) electrons. The minimum atomic E-state index is 0.643. The predicted molar refractivity (Wildman–Crippen MR) is 117 cm³/mol. The summed E-state index contributed by atoms with van der Waals surface area (Å²) in [4.78, 5) is 13.5. The number of imidazole rings is 1. The maximum Gasteiger partial charge on any atom is 0.141 e. The molecule has 0 amide bonds. The van der Waals surface area contributed by atoms with Gasteiger partial charge in [0.05, 0.1) is 12.2 Å². The lowest BCUT2D eigenvalue weighted by molar-refractivity contribution is 0.0583. The summed E-state index contributed by atoms with van der Waals surface area (Å²) in [5.74, 6) is 1.79. The van der Waals surface area contributed by atoms with Gasteiger partial charge in [-0.2, -0.15) is 0 Å². The van der Waals surface area contributed by atoms with Crippen LogP contribution in [0, 0.1) is 0 Å². The SMILES string of the molecule is CCOc1ccc2ccccc2c1-c1ncc(CN2CCN(C3CCC3)CC2)[nH]1. The fourth-order valence-electron chi connectivity index (χ4n) is 4.62. The Bertz CT molecular complexity index is 970. The highest BCUT2D eigenvalue weighted by molar-refractivity contribution is 5.98. The maximum atomic E-state index is 5.93. The summed E-state index contributed by atoms with van der Waals surface area (Å²) in [6, 6.07) is 13.5. The molecule has 5 nitrogen and oxygen atoms in total. The van der Waals surface area contributed by atoms with Crippen LogP contribution in [0.4, 0.5) is 0 Å². The highest BCUT2D eigenvalue weighted by atomic mass is 16.5. The molecule has 2 heterocycles. The number of hydrogen-bond acceptors (Lipinski definition) is 4. The second-order valence-corrected chi connectivity index (χ2v) is 8.25. The van der Waals surface area contributed by atoms with Crippen molar-refractivity contribution in [2.45, 2.75) is 38.8 Å². The van der Waals surface area contributed by atoms with Crippen molar-refractivity contribution in [3.8, 4) is 17.1 Å². The highest BCUT2D eigenvalue weighted by Gasteiger charge is 2.28. The van der Waals surface area contributed by atoms with E-state index in [1.54, 1.807) is 0 Å². The Kier molecular flexibility index (Phi) is 5.25. The first-order chi connectivity index (χ1) is 14.3. The molecule has 152 valence electrons. The van der Waals surface area contributed by atoms with Gasteiger partial charge in [-0.3, -0.25) is 9.80 Å². The third-order valence-corrected chi connectivity index (χ3v) is 6.45. The van der Waals surface area contributed by atoms with Crippen LogP contribution in [0.1, 0.15) is 31.9 Å². The minimum absolute atomic E-state index is 0.643. The van der Waals surface area contributed by atoms with E-state index in [2.05, 4.69) is 51.2 Å². The van der Waals surface area contributed by atoms with Crippen LogP contribution in [-0.2, 0) is 6.54 Å². The molecule has 2 aliphatic rings. The Labute approximate surface area is 172 Å². The zero-order valence-electron chi connectivity index (χ0n) is 17.2. The van der Waals surface area contributed by atoms with Crippen molar-refractivity contribution in [1.29, 1.82) is 0 Å². The van der Waals surface area contributed by atoms with Crippen molar-refractivity contribution in [3.63, 3.8) is 0 Å². The molecule has 1 saturated carbocycles. The monoisotopic (exact) mass is 390 g/mol. The van der Waals surface area contributed by atoms with Crippen molar-refractivity contribution < 1.29 is 4.74 Å². The van der Waals surface area contributed by atoms with Gasteiger partial charge in [-0.25, -0.2) is 4.98 Å². The second-order valence-electron chi connectivity index (χ2n) is 8.25. The quantitative estimate of drug-likeness (QED) is 0.682. The van der Waals surface area contributed by atoms with Gasteiger partial charge in [-0.1, -0.05) is 36.8 Å². The molecule has 5 heteroatoms. The Hall–Kier alpha value is -2.37. The van der Waals surface area contributed by atoms with E-state index in [0.717, 1.165) is 42.8 Å². The molecule has 0 unspecified atom stereocenters. The molecule has 1 aromatic heterocycles. The van der Waals surface area contributed by atoms with E-state index in [1.807, 2.05) is 13.1 Å². The van der Waals surface area contributed by atoms with E-state index in [9.17, 15) is 0 Å². The summed E-state index contributed by atoms with van der Waals surface area (Å²) in [6.45, 7) is 8.28. The van der Waals surface area contributed by atoms with Gasteiger partial charge in [0.1, 0.15) is 11.6 Å². The number of nitrogens with one attached hydrogen (secondary N) is 1. The second kappa shape index (κ2) is 8.17. The normalized spacial score (nSPS) is 18.8. The molecule has 0 bridgehead atoms. The Balaban J connectivity index is 1.34. The minimum Gasteiger partial charge on any atom is -0.493 e. The third kappa shape index (κ3) is 3.77. The topological polar surface area (TPSA) is 44.4 Å². The van der Waals surface area contributed by atoms with Gasteiger partial charge in [0.15, 0.2) is 0 Å². The first-order valence-electron chi connectivity index (χ1n) is 11.0. The molecule has 1 saturated heterocycles. The van der Waals surface area contributed by atoms with Crippen molar-refractivity contribution >= 4 is 10.8 Å². The maximum absolute atomic E-state index is 5.93. The van der Waals surface area contributed by atoms with Crippen LogP contribution in [0.15, 0.2) is 42.6 Å². The lowest BCUT2D eigenvalue weighted by atomic mass is 9.91. The standard InChI is InChI=1S/C24H30N4O/c1-2-29-22-11-10-18-6-3-4-9-21(18)23(22)24-25-16-19(26-24)17-27-12-14-28(15-13-27)20-7-5-8-20/h3-4,6,9-11,16,20H,2,5,7-8,12-15,17H2,1H3,(H,25,26). The van der Waals surface area contributed by atoms with Gasteiger partial charge in [-0.05, 0) is 36.6 Å². The van der Waals surface area contributed by atoms with Crippen molar-refractivity contribution in [1.82, 2.24) is 19.8 Å². The fraction of sp³-hybridized carbons (Fsp3) is 0.458. The number of aromatic amines is 1. The lowest BCUT2D eigenvalue weighted by Gasteiger charge is -2.42. The summed E-state index contributed by atoms with van der Waals surface area (Å²) in [6.07, 6.45) is 6.21. The van der Waals surface area contributed by atoms with Gasteiger partial charge >= 0.3 is 0 Å². The molecule has 1 aliphatic heterocycles. The smallest absolute Gasteiger partial charge is 0.141 e. The molecule has 5 rings (SSSR count). The molecule has 29 heavy (non-hydrogen) atoms. The number of aromatic nitrogens is 2. The van der Waals surface area contributed by atoms with Crippen LogP contribution in [0.3, 0.4) is 0 Å². The van der Waals surface area contributed by atoms with Crippen LogP contribution < -0.4 is 4.74 Å². The highest BCUT2D eigenvalue weighted by Crippen LogP contribution is 2.35. The van der Waals surface area contributed by atoms with E-state index < -0.39 is 0 Å². The zero-order valence-corrected chi connectivity index (χ0v) is 17.2. The van der Waals surface area contributed by atoms with Gasteiger partial charge < -0.3 is 9.72 Å². The van der Waals surface area contributed by atoms with Gasteiger partial charge in [0.25, 0.3) is 0 Å². The van der Waals surface area contributed by atoms with Crippen molar-refractivity contribution in [2.24, 2.45) is 0 Å². The van der Waals surface area contributed by atoms with E-state index in [4.69, 9.17) is 9.72 Å². The number of rotatable bonds is 6. The van der Waals surface area contributed by atoms with Gasteiger partial charge in [0, 0.05) is 50.7 Å². The van der Waals surface area contributed by atoms with Gasteiger partial charge in [-0.15, -0.1) is 0 Å². The zero-order chi connectivity index (χ0) is 19.6. The van der Waals surface area contributed by atoms with Crippen LogP contribution in [0.2, 0.25) is 0 Å². The summed E-state index contributed by atoms with van der Waals surface area (Å²) in [5, 5.41) is 2.38. The van der Waals surface area contributed by atoms with Crippen LogP contribution in [-0.4, -0.2) is 58.6 Å². The first kappa shape index (κ1) is 18.6. The Morgan fingerprint density at radius 2 is 1.90 bits per heavy atom. The van der Waals surface area contributed by atoms with E-state index in [0.29, 0.717) is 6.61 Å². The molecule has 3 aromatic rings. The summed E-state index contributed by atoms with van der Waals surface area (Å²) >= 11 is 0. The van der Waals surface area contributed by atoms with E-state index in [-0.39, 0.29) is 0 Å². The number of H-pyrrole nitrogens is 1. The number of fused-ring (bicyclic) bond motifs is 1. The number of hydrogen-bond donors (Lipinski definition) is 1. The molecule has 0 spiro atoms. The molecular weight excluding hydrogens is 360 g/mol. The van der Waals surface area contributed by atoms with E-state index >= 15 is 0 Å². The Morgan fingerprint density at radius 3 is 2.66 bits per heavy atom. The number of ether oxygens (including phenoxy) is 1. The van der Waals surface area contributed by atoms with Crippen molar-refractivity contribution in [3.05, 3.63) is 48.3 Å². The molecule has 2 fully saturated rings. The number of benzene rings is 2. The number of nitrogens with zero attached hydrogens (tertiary/aromatic N) is 3. The molecule has 1 N–H and O–H groups in total. The fourth-order valence-corrected chi connectivity index (χ4v) is 4.62. The molecule has 2 aromatic carbocycles. The van der Waals surface area contributed by atoms with Gasteiger partial charge in [0.2, 0.25) is 0 Å². The van der Waals surface area contributed by atoms with E-state index in [1.165, 1.54) is 48.8 Å². The largest absolute Gasteiger partial charge is 0.493 e. The Morgan fingerprint density at radius 1 is 1.07 bits per heavy atom.